The molecule has 0 unspecified atom stereocenters. The second-order valence-corrected chi connectivity index (χ2v) is 10.5. The Morgan fingerprint density at radius 1 is 1.05 bits per heavy atom. The van der Waals surface area contributed by atoms with Crippen LogP contribution >= 0.6 is 50.9 Å². The normalized spacial score (nSPS) is 14.9. The summed E-state index contributed by atoms with van der Waals surface area (Å²) >= 11 is 16.0. The Morgan fingerprint density at radius 2 is 1.76 bits per heavy atom. The SMILES string of the molecule is O=C1S/C(=C\c2cc(Br)ccc2Oc2ccc(C(F)(F)F)cc2[N+](=O)[O-])C(=O)N1Cc1ccc(Cl)cc1Cl. The number of rotatable bonds is 6. The van der Waals surface area contributed by atoms with Gasteiger partial charge in [0.1, 0.15) is 5.75 Å². The van der Waals surface area contributed by atoms with Gasteiger partial charge in [0.05, 0.1) is 21.9 Å². The largest absolute Gasteiger partial charge is 0.449 e. The molecule has 0 aromatic heterocycles. The molecule has 0 saturated carbocycles. The van der Waals surface area contributed by atoms with Crippen molar-refractivity contribution in [3.05, 3.63) is 101 Å². The van der Waals surface area contributed by atoms with Gasteiger partial charge >= 0.3 is 11.9 Å². The lowest BCUT2D eigenvalue weighted by Crippen LogP contribution is -2.27. The van der Waals surface area contributed by atoms with Crippen molar-refractivity contribution in [2.75, 3.05) is 0 Å². The topological polar surface area (TPSA) is 89.7 Å². The fourth-order valence-electron chi connectivity index (χ4n) is 3.36. The number of imide groups is 1. The highest BCUT2D eigenvalue weighted by Crippen LogP contribution is 2.41. The van der Waals surface area contributed by atoms with E-state index < -0.39 is 39.2 Å². The number of alkyl halides is 3. The lowest BCUT2D eigenvalue weighted by molar-refractivity contribution is -0.385. The Hall–Kier alpha value is -3.06. The van der Waals surface area contributed by atoms with Crippen molar-refractivity contribution in [2.24, 2.45) is 0 Å². The van der Waals surface area contributed by atoms with Gasteiger partial charge in [0.25, 0.3) is 11.1 Å². The second kappa shape index (κ2) is 11.0. The molecule has 0 spiro atoms. The van der Waals surface area contributed by atoms with Gasteiger partial charge in [-0.05, 0) is 65.9 Å². The van der Waals surface area contributed by atoms with Crippen LogP contribution in [0.1, 0.15) is 16.7 Å². The summed E-state index contributed by atoms with van der Waals surface area (Å²) in [6, 6.07) is 11.0. The summed E-state index contributed by atoms with van der Waals surface area (Å²) < 4.78 is 45.3. The average Bonchev–Trinajstić information content (AvgIpc) is 3.09. The van der Waals surface area contributed by atoms with Gasteiger partial charge < -0.3 is 4.74 Å². The molecular formula is C24H12BrCl2F3N2O5S. The fraction of sp³-hybridized carbons (Fsp3) is 0.0833. The molecule has 38 heavy (non-hydrogen) atoms. The second-order valence-electron chi connectivity index (χ2n) is 7.73. The van der Waals surface area contributed by atoms with E-state index in [0.29, 0.717) is 39.0 Å². The van der Waals surface area contributed by atoms with Crippen LogP contribution in [-0.4, -0.2) is 21.0 Å². The van der Waals surface area contributed by atoms with Crippen LogP contribution in [0.2, 0.25) is 10.0 Å². The van der Waals surface area contributed by atoms with Crippen LogP contribution in [-0.2, 0) is 17.5 Å². The van der Waals surface area contributed by atoms with Crippen molar-refractivity contribution in [2.45, 2.75) is 12.7 Å². The lowest BCUT2D eigenvalue weighted by Gasteiger charge is -2.14. The standard InChI is InChI=1S/C24H12BrCl2F3N2O5S/c25-15-3-6-19(37-20-5-2-14(24(28,29)30)9-18(20)32(35)36)13(7-15)8-21-22(33)31(23(34)38-21)11-12-1-4-16(26)10-17(12)27/h1-10H,11H2/b21-8-. The molecule has 0 N–H and O–H groups in total. The van der Waals surface area contributed by atoms with Crippen LogP contribution in [0.5, 0.6) is 11.5 Å². The van der Waals surface area contributed by atoms with E-state index in [2.05, 4.69) is 15.9 Å². The van der Waals surface area contributed by atoms with Crippen LogP contribution in [0.3, 0.4) is 0 Å². The van der Waals surface area contributed by atoms with E-state index in [-0.39, 0.29) is 27.8 Å². The first kappa shape index (κ1) is 28.0. The Labute approximate surface area is 235 Å². The third-order valence-electron chi connectivity index (χ3n) is 5.18. The highest BCUT2D eigenvalue weighted by Gasteiger charge is 2.36. The van der Waals surface area contributed by atoms with Crippen molar-refractivity contribution in [1.82, 2.24) is 4.90 Å². The molecule has 1 aliphatic rings. The van der Waals surface area contributed by atoms with Crippen molar-refractivity contribution >= 4 is 73.8 Å². The van der Waals surface area contributed by atoms with E-state index >= 15 is 0 Å². The van der Waals surface area contributed by atoms with Gasteiger partial charge in [-0.2, -0.15) is 13.2 Å². The Kier molecular flexibility index (Phi) is 8.07. The Balaban J connectivity index is 1.66. The van der Waals surface area contributed by atoms with Crippen molar-refractivity contribution in [3.63, 3.8) is 0 Å². The molecule has 196 valence electrons. The zero-order valence-corrected chi connectivity index (χ0v) is 22.5. The summed E-state index contributed by atoms with van der Waals surface area (Å²) in [7, 11) is 0. The summed E-state index contributed by atoms with van der Waals surface area (Å²) in [4.78, 5) is 37.1. The zero-order chi connectivity index (χ0) is 27.8. The quantitative estimate of drug-likeness (QED) is 0.151. The predicted octanol–water partition coefficient (Wildman–Crippen LogP) is 8.71. The maximum absolute atomic E-state index is 13.0. The number of nitro benzene ring substituents is 1. The number of nitro groups is 1. The van der Waals surface area contributed by atoms with Gasteiger partial charge in [0.15, 0.2) is 0 Å². The predicted molar refractivity (Wildman–Crippen MR) is 140 cm³/mol. The zero-order valence-electron chi connectivity index (χ0n) is 18.6. The molecule has 1 heterocycles. The van der Waals surface area contributed by atoms with Crippen LogP contribution in [0.15, 0.2) is 64.0 Å². The summed E-state index contributed by atoms with van der Waals surface area (Å²) in [5, 5.41) is 11.6. The monoisotopic (exact) mass is 646 g/mol. The maximum atomic E-state index is 13.0. The van der Waals surface area contributed by atoms with Crippen LogP contribution < -0.4 is 4.74 Å². The van der Waals surface area contributed by atoms with Gasteiger partial charge in [-0.3, -0.25) is 24.6 Å². The van der Waals surface area contributed by atoms with Crippen LogP contribution in [0, 0.1) is 10.1 Å². The first-order valence-corrected chi connectivity index (χ1v) is 12.7. The minimum atomic E-state index is -4.79. The van der Waals surface area contributed by atoms with E-state index in [1.54, 1.807) is 12.1 Å². The highest BCUT2D eigenvalue weighted by atomic mass is 79.9. The summed E-state index contributed by atoms with van der Waals surface area (Å²) in [5.74, 6) is -1.05. The van der Waals surface area contributed by atoms with Crippen molar-refractivity contribution in [3.8, 4) is 11.5 Å². The molecule has 0 radical (unpaired) electrons. The molecular weight excluding hydrogens is 636 g/mol. The third-order valence-corrected chi connectivity index (χ3v) is 7.17. The van der Waals surface area contributed by atoms with E-state index in [1.807, 2.05) is 0 Å². The average molecular weight is 648 g/mol. The number of hydrogen-bond donors (Lipinski definition) is 0. The first-order chi connectivity index (χ1) is 17.8. The number of carbonyl (C=O) groups is 2. The van der Waals surface area contributed by atoms with Crippen molar-refractivity contribution < 1.29 is 32.4 Å². The Bertz CT molecular complexity index is 1520. The summed E-state index contributed by atoms with van der Waals surface area (Å²) in [6.45, 7) is -0.0996. The van der Waals surface area contributed by atoms with Gasteiger partial charge in [-0.1, -0.05) is 45.2 Å². The first-order valence-electron chi connectivity index (χ1n) is 10.4. The Morgan fingerprint density at radius 3 is 2.42 bits per heavy atom. The molecule has 1 aliphatic heterocycles. The summed E-state index contributed by atoms with van der Waals surface area (Å²) in [6.07, 6.45) is -3.43. The van der Waals surface area contributed by atoms with Gasteiger partial charge in [0, 0.05) is 26.1 Å². The van der Waals surface area contributed by atoms with Crippen LogP contribution in [0.25, 0.3) is 6.08 Å². The maximum Gasteiger partial charge on any atom is 0.416 e. The molecule has 0 atom stereocenters. The molecule has 0 bridgehead atoms. The summed E-state index contributed by atoms with van der Waals surface area (Å²) in [5.41, 5.74) is -1.36. The molecule has 3 aromatic carbocycles. The fourth-order valence-corrected chi connectivity index (χ4v) is 5.04. The third kappa shape index (κ3) is 6.15. The number of hydrogen-bond acceptors (Lipinski definition) is 6. The van der Waals surface area contributed by atoms with E-state index in [0.717, 1.165) is 11.0 Å². The van der Waals surface area contributed by atoms with Crippen molar-refractivity contribution in [1.29, 1.82) is 0 Å². The smallest absolute Gasteiger partial charge is 0.416 e. The molecule has 1 fully saturated rings. The molecule has 3 aromatic rings. The minimum Gasteiger partial charge on any atom is -0.449 e. The molecule has 1 saturated heterocycles. The van der Waals surface area contributed by atoms with E-state index in [9.17, 15) is 32.9 Å². The number of carbonyl (C=O) groups excluding carboxylic acids is 2. The van der Waals surface area contributed by atoms with Gasteiger partial charge in [-0.15, -0.1) is 0 Å². The highest BCUT2D eigenvalue weighted by molar-refractivity contribution is 9.10. The van der Waals surface area contributed by atoms with Gasteiger partial charge in [0.2, 0.25) is 5.75 Å². The number of halogens is 6. The van der Waals surface area contributed by atoms with E-state index in [1.165, 1.54) is 30.3 Å². The minimum absolute atomic E-state index is 0.00334. The molecule has 0 aliphatic carbocycles. The lowest BCUT2D eigenvalue weighted by atomic mass is 10.1. The molecule has 4 rings (SSSR count). The number of amides is 2. The molecule has 7 nitrogen and oxygen atoms in total. The van der Waals surface area contributed by atoms with E-state index in [4.69, 9.17) is 27.9 Å². The number of ether oxygens (including phenoxy) is 1. The molecule has 14 heteroatoms. The number of nitrogens with zero attached hydrogens (tertiary/aromatic N) is 2. The number of thioether (sulfide) groups is 1. The van der Waals surface area contributed by atoms with Crippen LogP contribution in [0.4, 0.5) is 23.7 Å². The molecule has 2 amide bonds. The van der Waals surface area contributed by atoms with Gasteiger partial charge in [-0.25, -0.2) is 0 Å². The number of benzene rings is 3.